The van der Waals surface area contributed by atoms with Crippen molar-refractivity contribution in [2.45, 2.75) is 18.7 Å². The van der Waals surface area contributed by atoms with Gasteiger partial charge in [0, 0.05) is 12.6 Å². The molecule has 24 heavy (non-hydrogen) atoms. The van der Waals surface area contributed by atoms with Crippen LogP contribution in [0.25, 0.3) is 0 Å². The van der Waals surface area contributed by atoms with E-state index in [4.69, 9.17) is 9.47 Å². The highest BCUT2D eigenvalue weighted by Gasteiger charge is 2.26. The molecule has 130 valence electrons. The molecule has 0 aliphatic carbocycles. The molecule has 5 nitrogen and oxygen atoms in total. The zero-order chi connectivity index (χ0) is 17.7. The van der Waals surface area contributed by atoms with Crippen molar-refractivity contribution in [3.05, 3.63) is 59.7 Å². The van der Waals surface area contributed by atoms with Gasteiger partial charge < -0.3 is 9.47 Å². The van der Waals surface area contributed by atoms with Crippen molar-refractivity contribution in [1.82, 2.24) is 4.31 Å². The summed E-state index contributed by atoms with van der Waals surface area (Å²) in [5.74, 6) is 1.23. The SMILES string of the molecule is COc1cccc(CS(=O)(=O)N(C)[C@H](C)c2ccccc2OC)c1. The molecule has 2 aromatic carbocycles. The molecule has 0 saturated carbocycles. The molecule has 2 rings (SSSR count). The average molecular weight is 349 g/mol. The number of benzene rings is 2. The second-order valence-electron chi connectivity index (χ2n) is 5.54. The Kier molecular flexibility index (Phi) is 5.85. The van der Waals surface area contributed by atoms with Crippen LogP contribution in [0.4, 0.5) is 0 Å². The lowest BCUT2D eigenvalue weighted by atomic mass is 10.1. The van der Waals surface area contributed by atoms with Crippen molar-refractivity contribution in [2.75, 3.05) is 21.3 Å². The van der Waals surface area contributed by atoms with E-state index in [1.54, 1.807) is 45.5 Å². The van der Waals surface area contributed by atoms with E-state index in [-0.39, 0.29) is 11.8 Å². The van der Waals surface area contributed by atoms with Crippen LogP contribution in [0.1, 0.15) is 24.1 Å². The fraction of sp³-hybridized carbons (Fsp3) is 0.333. The highest BCUT2D eigenvalue weighted by atomic mass is 32.2. The predicted molar refractivity (Wildman–Crippen MR) is 94.8 cm³/mol. The number of hydrogen-bond acceptors (Lipinski definition) is 4. The normalized spacial score (nSPS) is 12.9. The molecule has 0 saturated heterocycles. The Morgan fingerprint density at radius 1 is 1.04 bits per heavy atom. The summed E-state index contributed by atoms with van der Waals surface area (Å²) in [6.07, 6.45) is 0. The molecule has 0 aromatic heterocycles. The molecule has 6 heteroatoms. The lowest BCUT2D eigenvalue weighted by Crippen LogP contribution is -2.31. The summed E-state index contributed by atoms with van der Waals surface area (Å²) in [6.45, 7) is 1.85. The van der Waals surface area contributed by atoms with Gasteiger partial charge >= 0.3 is 0 Å². The van der Waals surface area contributed by atoms with E-state index in [0.29, 0.717) is 17.1 Å². The van der Waals surface area contributed by atoms with Crippen molar-refractivity contribution >= 4 is 10.0 Å². The molecule has 0 N–H and O–H groups in total. The van der Waals surface area contributed by atoms with Crippen LogP contribution in [0, 0.1) is 0 Å². The first-order chi connectivity index (χ1) is 11.4. The fourth-order valence-electron chi connectivity index (χ4n) is 2.52. The van der Waals surface area contributed by atoms with Crippen LogP contribution < -0.4 is 9.47 Å². The standard InChI is InChI=1S/C18H23NO4S/c1-14(17-10-5-6-11-18(17)23-4)19(2)24(20,21)13-15-8-7-9-16(12-15)22-3/h5-12,14H,13H2,1-4H3/t14-/m1/s1. The van der Waals surface area contributed by atoms with Crippen molar-refractivity contribution in [1.29, 1.82) is 0 Å². The van der Waals surface area contributed by atoms with Crippen LogP contribution in [-0.2, 0) is 15.8 Å². The van der Waals surface area contributed by atoms with Gasteiger partial charge in [0.25, 0.3) is 0 Å². The van der Waals surface area contributed by atoms with Gasteiger partial charge in [0.15, 0.2) is 0 Å². The molecule has 0 bridgehead atoms. The maximum absolute atomic E-state index is 12.8. The topological polar surface area (TPSA) is 55.8 Å². The van der Waals surface area contributed by atoms with Gasteiger partial charge in [-0.05, 0) is 30.7 Å². The van der Waals surface area contributed by atoms with Gasteiger partial charge in [-0.25, -0.2) is 8.42 Å². The molecule has 0 radical (unpaired) electrons. The molecule has 0 aliphatic rings. The lowest BCUT2D eigenvalue weighted by Gasteiger charge is -2.26. The summed E-state index contributed by atoms with van der Waals surface area (Å²) in [5.41, 5.74) is 1.52. The Balaban J connectivity index is 2.24. The minimum absolute atomic E-state index is 0.0831. The first-order valence-electron chi connectivity index (χ1n) is 7.60. The Hall–Kier alpha value is -2.05. The lowest BCUT2D eigenvalue weighted by molar-refractivity contribution is 0.367. The zero-order valence-corrected chi connectivity index (χ0v) is 15.2. The first kappa shape index (κ1) is 18.3. The number of rotatable bonds is 7. The third kappa shape index (κ3) is 4.07. The van der Waals surface area contributed by atoms with Gasteiger partial charge in [-0.1, -0.05) is 30.3 Å². The van der Waals surface area contributed by atoms with Crippen molar-refractivity contribution in [3.8, 4) is 11.5 Å². The highest BCUT2D eigenvalue weighted by molar-refractivity contribution is 7.88. The molecular formula is C18H23NO4S. The number of ether oxygens (including phenoxy) is 2. The van der Waals surface area contributed by atoms with Gasteiger partial charge in [-0.3, -0.25) is 0 Å². The van der Waals surface area contributed by atoms with E-state index in [1.165, 1.54) is 4.31 Å². The molecule has 0 aliphatic heterocycles. The quantitative estimate of drug-likeness (QED) is 0.770. The van der Waals surface area contributed by atoms with Gasteiger partial charge in [0.1, 0.15) is 11.5 Å². The summed E-state index contributed by atoms with van der Waals surface area (Å²) in [5, 5.41) is 0. The number of methoxy groups -OCH3 is 2. The largest absolute Gasteiger partial charge is 0.497 e. The number of hydrogen-bond donors (Lipinski definition) is 0. The molecule has 0 amide bonds. The maximum Gasteiger partial charge on any atom is 0.218 e. The average Bonchev–Trinajstić information content (AvgIpc) is 2.60. The van der Waals surface area contributed by atoms with E-state index in [0.717, 1.165) is 5.56 Å². The predicted octanol–water partition coefficient (Wildman–Crippen LogP) is 3.23. The summed E-state index contributed by atoms with van der Waals surface area (Å²) >= 11 is 0. The van der Waals surface area contributed by atoms with E-state index < -0.39 is 10.0 Å². The van der Waals surface area contributed by atoms with Gasteiger partial charge in [0.2, 0.25) is 10.0 Å². The molecule has 0 spiro atoms. The van der Waals surface area contributed by atoms with Crippen LogP contribution in [-0.4, -0.2) is 34.0 Å². The first-order valence-corrected chi connectivity index (χ1v) is 9.21. The van der Waals surface area contributed by atoms with Gasteiger partial charge in [0.05, 0.1) is 26.0 Å². The molecule has 0 unspecified atom stereocenters. The number of para-hydroxylation sites is 1. The summed E-state index contributed by atoms with van der Waals surface area (Å²) in [6, 6.07) is 14.2. The van der Waals surface area contributed by atoms with Crippen LogP contribution >= 0.6 is 0 Å². The smallest absolute Gasteiger partial charge is 0.218 e. The Bertz CT molecular complexity index is 789. The van der Waals surface area contributed by atoms with Crippen LogP contribution in [0.3, 0.4) is 0 Å². The molecule has 0 fully saturated rings. The number of sulfonamides is 1. The van der Waals surface area contributed by atoms with Crippen molar-refractivity contribution < 1.29 is 17.9 Å². The molecule has 2 aromatic rings. The monoisotopic (exact) mass is 349 g/mol. The summed E-state index contributed by atoms with van der Waals surface area (Å²) in [7, 11) is 1.24. The molecular weight excluding hydrogens is 326 g/mol. The Morgan fingerprint density at radius 2 is 1.75 bits per heavy atom. The zero-order valence-electron chi connectivity index (χ0n) is 14.4. The van der Waals surface area contributed by atoms with Gasteiger partial charge in [-0.2, -0.15) is 4.31 Å². The minimum Gasteiger partial charge on any atom is -0.497 e. The second-order valence-corrected chi connectivity index (χ2v) is 7.57. The Morgan fingerprint density at radius 3 is 2.42 bits per heavy atom. The fourth-order valence-corrected chi connectivity index (χ4v) is 3.92. The van der Waals surface area contributed by atoms with E-state index >= 15 is 0 Å². The van der Waals surface area contributed by atoms with Crippen LogP contribution in [0.5, 0.6) is 11.5 Å². The molecule has 0 heterocycles. The van der Waals surface area contributed by atoms with E-state index in [1.807, 2.05) is 31.2 Å². The van der Waals surface area contributed by atoms with Crippen molar-refractivity contribution in [3.63, 3.8) is 0 Å². The third-order valence-corrected chi connectivity index (χ3v) is 5.95. The summed E-state index contributed by atoms with van der Waals surface area (Å²) in [4.78, 5) is 0. The van der Waals surface area contributed by atoms with Crippen molar-refractivity contribution in [2.24, 2.45) is 0 Å². The van der Waals surface area contributed by atoms with Gasteiger partial charge in [-0.15, -0.1) is 0 Å². The number of nitrogens with zero attached hydrogens (tertiary/aromatic N) is 1. The third-order valence-electron chi connectivity index (χ3n) is 4.06. The molecule has 1 atom stereocenters. The summed E-state index contributed by atoms with van der Waals surface area (Å²) < 4.78 is 37.4. The second kappa shape index (κ2) is 7.68. The van der Waals surface area contributed by atoms with Crippen LogP contribution in [0.2, 0.25) is 0 Å². The van der Waals surface area contributed by atoms with E-state index in [2.05, 4.69) is 0 Å². The minimum atomic E-state index is -3.49. The van der Waals surface area contributed by atoms with E-state index in [9.17, 15) is 8.42 Å². The maximum atomic E-state index is 12.8. The Labute approximate surface area is 143 Å². The highest BCUT2D eigenvalue weighted by Crippen LogP contribution is 2.30. The van der Waals surface area contributed by atoms with Crippen LogP contribution in [0.15, 0.2) is 48.5 Å².